The first kappa shape index (κ1) is 10.5. The molecule has 4 nitrogen and oxygen atoms in total. The Balaban J connectivity index is 3.19. The zero-order chi connectivity index (χ0) is 10.7. The van der Waals surface area contributed by atoms with Crippen molar-refractivity contribution in [1.82, 2.24) is 0 Å². The highest BCUT2D eigenvalue weighted by atomic mass is 19.1. The Bertz CT molecular complexity index is 365. The molecule has 5 heteroatoms. The van der Waals surface area contributed by atoms with Crippen molar-refractivity contribution in [2.45, 2.75) is 6.61 Å². The number of halogens is 1. The summed E-state index contributed by atoms with van der Waals surface area (Å²) in [4.78, 5) is 10.5. The van der Waals surface area contributed by atoms with Gasteiger partial charge in [0.25, 0.3) is 0 Å². The number of carbonyl (C=O) groups is 1. The molecule has 0 aliphatic carbocycles. The minimum Gasteiger partial charge on any atom is -0.478 e. The van der Waals surface area contributed by atoms with Crippen LogP contribution in [-0.4, -0.2) is 18.2 Å². The molecule has 0 aliphatic heterocycles. The van der Waals surface area contributed by atoms with Crippen LogP contribution in [0.5, 0.6) is 0 Å². The van der Waals surface area contributed by atoms with Crippen molar-refractivity contribution in [3.05, 3.63) is 29.1 Å². The summed E-state index contributed by atoms with van der Waals surface area (Å²) >= 11 is 0. The number of anilines is 1. The number of hydrogen-bond acceptors (Lipinski definition) is 3. The highest BCUT2D eigenvalue weighted by Crippen LogP contribution is 2.20. The number of methoxy groups -OCH3 is 1. The molecular formula is C9H10FNO3. The maximum absolute atomic E-state index is 13.3. The summed E-state index contributed by atoms with van der Waals surface area (Å²) in [7, 11) is 1.45. The molecule has 0 saturated heterocycles. The Morgan fingerprint density at radius 2 is 2.29 bits per heavy atom. The lowest BCUT2D eigenvalue weighted by atomic mass is 10.1. The highest BCUT2D eigenvalue weighted by molar-refractivity contribution is 5.89. The second-order valence-electron chi connectivity index (χ2n) is 2.74. The summed E-state index contributed by atoms with van der Waals surface area (Å²) in [6, 6.07) is 2.60. The lowest BCUT2D eigenvalue weighted by molar-refractivity contribution is 0.0692. The van der Waals surface area contributed by atoms with Crippen molar-refractivity contribution in [3.8, 4) is 0 Å². The van der Waals surface area contributed by atoms with E-state index >= 15 is 0 Å². The van der Waals surface area contributed by atoms with Crippen LogP contribution >= 0.6 is 0 Å². The summed E-state index contributed by atoms with van der Waals surface area (Å²) in [5.41, 5.74) is 5.23. The Morgan fingerprint density at radius 3 is 2.79 bits per heavy atom. The molecule has 0 aliphatic rings. The van der Waals surface area contributed by atoms with Gasteiger partial charge in [-0.25, -0.2) is 9.18 Å². The van der Waals surface area contributed by atoms with Crippen LogP contribution in [0.2, 0.25) is 0 Å². The Labute approximate surface area is 80.1 Å². The first-order valence-corrected chi connectivity index (χ1v) is 3.87. The quantitative estimate of drug-likeness (QED) is 0.718. The van der Waals surface area contributed by atoms with Gasteiger partial charge >= 0.3 is 5.97 Å². The van der Waals surface area contributed by atoms with Crippen LogP contribution in [0.15, 0.2) is 12.1 Å². The fourth-order valence-electron chi connectivity index (χ4n) is 1.08. The van der Waals surface area contributed by atoms with Gasteiger partial charge in [-0.05, 0) is 6.07 Å². The predicted molar refractivity (Wildman–Crippen MR) is 48.5 cm³/mol. The van der Waals surface area contributed by atoms with Gasteiger partial charge in [0.1, 0.15) is 0 Å². The minimum atomic E-state index is -1.34. The summed E-state index contributed by atoms with van der Waals surface area (Å²) in [5, 5.41) is 8.58. The number of nitrogen functional groups attached to an aromatic ring is 1. The average molecular weight is 199 g/mol. The molecular weight excluding hydrogens is 189 g/mol. The van der Waals surface area contributed by atoms with Crippen LogP contribution in [-0.2, 0) is 11.3 Å². The van der Waals surface area contributed by atoms with E-state index in [9.17, 15) is 9.18 Å². The van der Waals surface area contributed by atoms with Crippen LogP contribution < -0.4 is 5.73 Å². The van der Waals surface area contributed by atoms with E-state index < -0.39 is 17.3 Å². The molecule has 76 valence electrons. The summed E-state index contributed by atoms with van der Waals surface area (Å²) in [5.74, 6) is -2.25. The smallest absolute Gasteiger partial charge is 0.338 e. The zero-order valence-corrected chi connectivity index (χ0v) is 7.58. The first-order chi connectivity index (χ1) is 6.57. The topological polar surface area (TPSA) is 72.5 Å². The number of benzene rings is 1. The van der Waals surface area contributed by atoms with Gasteiger partial charge in [-0.2, -0.15) is 0 Å². The number of hydrogen-bond donors (Lipinski definition) is 2. The molecule has 0 radical (unpaired) electrons. The second kappa shape index (κ2) is 4.06. The van der Waals surface area contributed by atoms with Gasteiger partial charge < -0.3 is 15.6 Å². The third kappa shape index (κ3) is 1.82. The van der Waals surface area contributed by atoms with E-state index in [1.165, 1.54) is 19.2 Å². The van der Waals surface area contributed by atoms with Crippen molar-refractivity contribution in [1.29, 1.82) is 0 Å². The van der Waals surface area contributed by atoms with Gasteiger partial charge in [0.2, 0.25) is 0 Å². The van der Waals surface area contributed by atoms with Crippen molar-refractivity contribution < 1.29 is 19.0 Å². The zero-order valence-electron chi connectivity index (χ0n) is 7.58. The summed E-state index contributed by atoms with van der Waals surface area (Å²) in [6.45, 7) is 0.155. The van der Waals surface area contributed by atoms with E-state index in [2.05, 4.69) is 0 Å². The molecule has 1 aromatic rings. The van der Waals surface area contributed by atoms with E-state index in [1.807, 2.05) is 0 Å². The number of carboxylic acids is 1. The molecule has 0 atom stereocenters. The lowest BCUT2D eigenvalue weighted by Gasteiger charge is -2.07. The fraction of sp³-hybridized carbons (Fsp3) is 0.222. The lowest BCUT2D eigenvalue weighted by Crippen LogP contribution is -2.06. The number of carboxylic acid groups (broad SMARTS) is 1. The van der Waals surface area contributed by atoms with E-state index in [4.69, 9.17) is 15.6 Å². The average Bonchev–Trinajstić information content (AvgIpc) is 2.13. The molecule has 0 aromatic heterocycles. The molecule has 1 aromatic carbocycles. The molecule has 3 N–H and O–H groups in total. The fourth-order valence-corrected chi connectivity index (χ4v) is 1.08. The van der Waals surface area contributed by atoms with Gasteiger partial charge in [0, 0.05) is 12.7 Å². The molecule has 0 saturated carbocycles. The number of rotatable bonds is 3. The molecule has 0 unspecified atom stereocenters. The summed E-state index contributed by atoms with van der Waals surface area (Å²) < 4.78 is 18.0. The van der Waals surface area contributed by atoms with E-state index in [1.54, 1.807) is 0 Å². The maximum atomic E-state index is 13.3. The third-order valence-electron chi connectivity index (χ3n) is 1.80. The number of aromatic carboxylic acids is 1. The van der Waals surface area contributed by atoms with Crippen molar-refractivity contribution in [2.24, 2.45) is 0 Å². The Kier molecular flexibility index (Phi) is 3.03. The van der Waals surface area contributed by atoms with E-state index in [-0.39, 0.29) is 12.3 Å². The molecule has 0 amide bonds. The largest absolute Gasteiger partial charge is 0.478 e. The third-order valence-corrected chi connectivity index (χ3v) is 1.80. The second-order valence-corrected chi connectivity index (χ2v) is 2.74. The van der Waals surface area contributed by atoms with Gasteiger partial charge in [0.15, 0.2) is 5.82 Å². The molecule has 0 fully saturated rings. The number of ether oxygens (including phenoxy) is 1. The molecule has 14 heavy (non-hydrogen) atoms. The van der Waals surface area contributed by atoms with E-state index in [0.717, 1.165) is 0 Å². The molecule has 0 bridgehead atoms. The van der Waals surface area contributed by atoms with Gasteiger partial charge in [-0.15, -0.1) is 0 Å². The molecule has 0 heterocycles. The van der Waals surface area contributed by atoms with Crippen LogP contribution in [0.25, 0.3) is 0 Å². The van der Waals surface area contributed by atoms with Crippen molar-refractivity contribution in [2.75, 3.05) is 12.8 Å². The normalized spacial score (nSPS) is 10.1. The van der Waals surface area contributed by atoms with Crippen LogP contribution in [0.4, 0.5) is 10.1 Å². The van der Waals surface area contributed by atoms with Crippen LogP contribution in [0, 0.1) is 5.82 Å². The number of nitrogens with two attached hydrogens (primary N) is 1. The van der Waals surface area contributed by atoms with Crippen LogP contribution in [0.1, 0.15) is 15.9 Å². The van der Waals surface area contributed by atoms with Crippen molar-refractivity contribution >= 4 is 11.7 Å². The standard InChI is InChI=1S/C9H10FNO3/c1-14-4-5-2-3-6(9(12)13)7(10)8(5)11/h2-3H,4,11H2,1H3,(H,12,13). The van der Waals surface area contributed by atoms with Gasteiger partial charge in [-0.1, -0.05) is 6.07 Å². The Morgan fingerprint density at radius 1 is 1.64 bits per heavy atom. The SMILES string of the molecule is COCc1ccc(C(=O)O)c(F)c1N. The van der Waals surface area contributed by atoms with Crippen LogP contribution in [0.3, 0.4) is 0 Å². The predicted octanol–water partition coefficient (Wildman–Crippen LogP) is 1.25. The molecule has 1 rings (SSSR count). The monoisotopic (exact) mass is 199 g/mol. The Hall–Kier alpha value is -1.62. The summed E-state index contributed by atoms with van der Waals surface area (Å²) in [6.07, 6.45) is 0. The van der Waals surface area contributed by atoms with E-state index in [0.29, 0.717) is 5.56 Å². The first-order valence-electron chi connectivity index (χ1n) is 3.87. The molecule has 0 spiro atoms. The maximum Gasteiger partial charge on any atom is 0.338 e. The van der Waals surface area contributed by atoms with Gasteiger partial charge in [0.05, 0.1) is 17.9 Å². The van der Waals surface area contributed by atoms with Crippen molar-refractivity contribution in [3.63, 3.8) is 0 Å². The minimum absolute atomic E-state index is 0.155. The van der Waals surface area contributed by atoms with Gasteiger partial charge in [-0.3, -0.25) is 0 Å². The highest BCUT2D eigenvalue weighted by Gasteiger charge is 2.15.